The maximum Gasteiger partial charge on any atom is 0.224 e. The van der Waals surface area contributed by atoms with Crippen LogP contribution in [-0.4, -0.2) is 5.91 Å². The number of rotatable bonds is 4. The zero-order valence-electron chi connectivity index (χ0n) is 8.29. The lowest BCUT2D eigenvalue weighted by Crippen LogP contribution is -2.11. The molecule has 2 nitrogen and oxygen atoms in total. The minimum absolute atomic E-state index is 0.0571. The van der Waals surface area contributed by atoms with Gasteiger partial charge < -0.3 is 5.32 Å². The molecule has 0 aliphatic carbocycles. The standard InChI is InChI=1S/C12H12ClNO/c1-2-3-4-9-12(15)14-11-8-6-5-7-10(11)13/h1,5-8H,3-4,9H2,(H,14,15). The number of anilines is 1. The van der Waals surface area contributed by atoms with Gasteiger partial charge in [-0.15, -0.1) is 12.3 Å². The monoisotopic (exact) mass is 221 g/mol. The summed E-state index contributed by atoms with van der Waals surface area (Å²) >= 11 is 5.88. The van der Waals surface area contributed by atoms with E-state index in [1.165, 1.54) is 0 Å². The zero-order valence-corrected chi connectivity index (χ0v) is 9.05. The highest BCUT2D eigenvalue weighted by Crippen LogP contribution is 2.20. The van der Waals surface area contributed by atoms with Crippen molar-refractivity contribution in [1.82, 2.24) is 0 Å². The molecule has 0 spiro atoms. The maximum atomic E-state index is 11.4. The van der Waals surface area contributed by atoms with Crippen LogP contribution in [0.2, 0.25) is 5.02 Å². The Morgan fingerprint density at radius 1 is 1.47 bits per heavy atom. The van der Waals surface area contributed by atoms with Gasteiger partial charge in [-0.1, -0.05) is 23.7 Å². The number of carbonyl (C=O) groups excluding carboxylic acids is 1. The first-order chi connectivity index (χ1) is 7.24. The first-order valence-electron chi connectivity index (χ1n) is 4.72. The Morgan fingerprint density at radius 2 is 2.20 bits per heavy atom. The van der Waals surface area contributed by atoms with Crippen molar-refractivity contribution in [2.24, 2.45) is 0 Å². The first kappa shape index (κ1) is 11.6. The molecular weight excluding hydrogens is 210 g/mol. The van der Waals surface area contributed by atoms with Crippen LogP contribution in [0.5, 0.6) is 0 Å². The van der Waals surface area contributed by atoms with E-state index in [0.29, 0.717) is 30.0 Å². The van der Waals surface area contributed by atoms with E-state index in [2.05, 4.69) is 11.2 Å². The number of hydrogen-bond acceptors (Lipinski definition) is 1. The van der Waals surface area contributed by atoms with Crippen molar-refractivity contribution in [3.05, 3.63) is 29.3 Å². The van der Waals surface area contributed by atoms with Crippen molar-refractivity contribution in [2.75, 3.05) is 5.32 Å². The molecule has 0 heterocycles. The Labute approximate surface area is 94.6 Å². The lowest BCUT2D eigenvalue weighted by atomic mass is 10.2. The summed E-state index contributed by atoms with van der Waals surface area (Å²) in [5.74, 6) is 2.44. The molecule has 0 aliphatic rings. The van der Waals surface area contributed by atoms with Gasteiger partial charge in [-0.3, -0.25) is 4.79 Å². The molecule has 1 aromatic rings. The molecule has 1 rings (SSSR count). The molecule has 1 amide bonds. The number of para-hydroxylation sites is 1. The van der Waals surface area contributed by atoms with Gasteiger partial charge in [0.1, 0.15) is 0 Å². The smallest absolute Gasteiger partial charge is 0.224 e. The number of nitrogens with one attached hydrogen (secondary N) is 1. The van der Waals surface area contributed by atoms with Gasteiger partial charge in [-0.05, 0) is 18.6 Å². The van der Waals surface area contributed by atoms with Gasteiger partial charge in [0.25, 0.3) is 0 Å². The van der Waals surface area contributed by atoms with Crippen LogP contribution in [0, 0.1) is 12.3 Å². The third kappa shape index (κ3) is 4.05. The summed E-state index contributed by atoms with van der Waals surface area (Å²) in [5, 5.41) is 3.27. The Kier molecular flexibility index (Phi) is 4.73. The van der Waals surface area contributed by atoms with Crippen LogP contribution in [0.25, 0.3) is 0 Å². The molecule has 15 heavy (non-hydrogen) atoms. The van der Waals surface area contributed by atoms with E-state index >= 15 is 0 Å². The van der Waals surface area contributed by atoms with Crippen molar-refractivity contribution in [2.45, 2.75) is 19.3 Å². The highest BCUT2D eigenvalue weighted by Gasteiger charge is 2.03. The predicted octanol–water partition coefficient (Wildman–Crippen LogP) is 3.08. The normalized spacial score (nSPS) is 9.33. The summed E-state index contributed by atoms with van der Waals surface area (Å²) in [6, 6.07) is 7.14. The Morgan fingerprint density at radius 3 is 2.87 bits per heavy atom. The van der Waals surface area contributed by atoms with E-state index in [4.69, 9.17) is 18.0 Å². The number of carbonyl (C=O) groups is 1. The van der Waals surface area contributed by atoms with Crippen LogP contribution >= 0.6 is 11.6 Å². The second kappa shape index (κ2) is 6.10. The molecule has 78 valence electrons. The van der Waals surface area contributed by atoms with Gasteiger partial charge in [-0.2, -0.15) is 0 Å². The third-order valence-electron chi connectivity index (χ3n) is 1.87. The van der Waals surface area contributed by atoms with Crippen LogP contribution < -0.4 is 5.32 Å². The molecule has 0 atom stereocenters. The fraction of sp³-hybridized carbons (Fsp3) is 0.250. The average Bonchev–Trinajstić information content (AvgIpc) is 2.22. The second-order valence-corrected chi connectivity index (χ2v) is 3.49. The summed E-state index contributed by atoms with van der Waals surface area (Å²) in [6.07, 6.45) is 6.84. The first-order valence-corrected chi connectivity index (χ1v) is 5.09. The quantitative estimate of drug-likeness (QED) is 0.615. The third-order valence-corrected chi connectivity index (χ3v) is 2.20. The minimum Gasteiger partial charge on any atom is -0.325 e. The molecule has 0 radical (unpaired) electrons. The molecule has 0 saturated carbocycles. The molecule has 0 bridgehead atoms. The van der Waals surface area contributed by atoms with Crippen LogP contribution in [0.15, 0.2) is 24.3 Å². The lowest BCUT2D eigenvalue weighted by molar-refractivity contribution is -0.116. The van der Waals surface area contributed by atoms with Gasteiger partial charge in [-0.25, -0.2) is 0 Å². The van der Waals surface area contributed by atoms with Gasteiger partial charge >= 0.3 is 0 Å². The number of amides is 1. The summed E-state index contributed by atoms with van der Waals surface area (Å²) < 4.78 is 0. The summed E-state index contributed by atoms with van der Waals surface area (Å²) in [4.78, 5) is 11.4. The van der Waals surface area contributed by atoms with Gasteiger partial charge in [0.05, 0.1) is 10.7 Å². The molecule has 3 heteroatoms. The van der Waals surface area contributed by atoms with E-state index in [1.54, 1.807) is 12.1 Å². The predicted molar refractivity (Wildman–Crippen MR) is 62.8 cm³/mol. The fourth-order valence-corrected chi connectivity index (χ4v) is 1.31. The van der Waals surface area contributed by atoms with Crippen LogP contribution in [-0.2, 0) is 4.79 Å². The highest BCUT2D eigenvalue weighted by molar-refractivity contribution is 6.33. The SMILES string of the molecule is C#CCCCC(=O)Nc1ccccc1Cl. The maximum absolute atomic E-state index is 11.4. The molecule has 0 saturated heterocycles. The largest absolute Gasteiger partial charge is 0.325 e. The second-order valence-electron chi connectivity index (χ2n) is 3.09. The van der Waals surface area contributed by atoms with Crippen molar-refractivity contribution in [1.29, 1.82) is 0 Å². The van der Waals surface area contributed by atoms with E-state index in [0.717, 1.165) is 0 Å². The average molecular weight is 222 g/mol. The van der Waals surface area contributed by atoms with Crippen molar-refractivity contribution in [3.8, 4) is 12.3 Å². The van der Waals surface area contributed by atoms with Crippen LogP contribution in [0.3, 0.4) is 0 Å². The highest BCUT2D eigenvalue weighted by atomic mass is 35.5. The number of hydrogen-bond donors (Lipinski definition) is 1. The van der Waals surface area contributed by atoms with E-state index in [-0.39, 0.29) is 5.91 Å². The summed E-state index contributed by atoms with van der Waals surface area (Å²) in [5.41, 5.74) is 0.643. The molecule has 0 aliphatic heterocycles. The van der Waals surface area contributed by atoms with E-state index < -0.39 is 0 Å². The van der Waals surface area contributed by atoms with Gasteiger partial charge in [0.15, 0.2) is 0 Å². The number of terminal acetylenes is 1. The van der Waals surface area contributed by atoms with Gasteiger partial charge in [0.2, 0.25) is 5.91 Å². The number of unbranched alkanes of at least 4 members (excludes halogenated alkanes) is 1. The topological polar surface area (TPSA) is 29.1 Å². The molecule has 1 aromatic carbocycles. The van der Waals surface area contributed by atoms with E-state index in [9.17, 15) is 4.79 Å². The fourth-order valence-electron chi connectivity index (χ4n) is 1.13. The molecule has 0 fully saturated rings. The zero-order chi connectivity index (χ0) is 11.1. The van der Waals surface area contributed by atoms with E-state index in [1.807, 2.05) is 12.1 Å². The Hall–Kier alpha value is -1.46. The minimum atomic E-state index is -0.0571. The lowest BCUT2D eigenvalue weighted by Gasteiger charge is -2.05. The molecule has 0 unspecified atom stereocenters. The molecule has 0 aromatic heterocycles. The summed E-state index contributed by atoms with van der Waals surface area (Å²) in [6.45, 7) is 0. The Bertz CT molecular complexity index is 381. The van der Waals surface area contributed by atoms with Gasteiger partial charge in [0, 0.05) is 12.8 Å². The number of benzene rings is 1. The van der Waals surface area contributed by atoms with Crippen molar-refractivity contribution < 1.29 is 4.79 Å². The Balaban J connectivity index is 2.45. The van der Waals surface area contributed by atoms with Crippen LogP contribution in [0.1, 0.15) is 19.3 Å². The number of halogens is 1. The van der Waals surface area contributed by atoms with Crippen LogP contribution in [0.4, 0.5) is 5.69 Å². The summed E-state index contributed by atoms with van der Waals surface area (Å²) in [7, 11) is 0. The molecule has 1 N–H and O–H groups in total. The molecular formula is C12H12ClNO. The van der Waals surface area contributed by atoms with Crippen molar-refractivity contribution >= 4 is 23.2 Å². The van der Waals surface area contributed by atoms with Crippen molar-refractivity contribution in [3.63, 3.8) is 0 Å².